The van der Waals surface area contributed by atoms with E-state index in [2.05, 4.69) is 21.3 Å². The summed E-state index contributed by atoms with van der Waals surface area (Å²) in [6.07, 6.45) is -3.18. The molecule has 4 unspecified atom stereocenters. The van der Waals surface area contributed by atoms with Crippen molar-refractivity contribution in [2.24, 2.45) is 11.8 Å². The fourth-order valence-electron chi connectivity index (χ4n) is 3.51. The summed E-state index contributed by atoms with van der Waals surface area (Å²) < 4.78 is 19.8. The first kappa shape index (κ1) is 74.2. The summed E-state index contributed by atoms with van der Waals surface area (Å²) in [5.74, 6) is -6.07. The van der Waals surface area contributed by atoms with Crippen LogP contribution in [0.15, 0.2) is 0 Å². The van der Waals surface area contributed by atoms with Crippen LogP contribution in [0.1, 0.15) is 141 Å². The van der Waals surface area contributed by atoms with Gasteiger partial charge < -0.3 is 40.2 Å². The molecule has 16 heteroatoms. The lowest BCUT2D eigenvalue weighted by Gasteiger charge is -2.20. The summed E-state index contributed by atoms with van der Waals surface area (Å²) in [6.45, 7) is 10.1. The van der Waals surface area contributed by atoms with Gasteiger partial charge in [0.2, 0.25) is 12.7 Å². The highest BCUT2D eigenvalue weighted by atomic mass is 16.7. The van der Waals surface area contributed by atoms with Gasteiger partial charge in [-0.05, 0) is 52.5 Å². The van der Waals surface area contributed by atoms with E-state index in [-0.39, 0.29) is 85.1 Å². The van der Waals surface area contributed by atoms with Crippen LogP contribution in [0.2, 0.25) is 0 Å². The molecule has 4 N–H and O–H groups in total. The van der Waals surface area contributed by atoms with Crippen LogP contribution in [0.4, 0.5) is 0 Å². The minimum Gasteiger partial charge on any atom is -0.452 e. The van der Waals surface area contributed by atoms with Crippen LogP contribution in [-0.4, -0.2) is 92.2 Å². The lowest BCUT2D eigenvalue weighted by Crippen LogP contribution is -2.46. The Hall–Kier alpha value is -4.08. The zero-order chi connectivity index (χ0) is 34.0. The van der Waals surface area contributed by atoms with E-state index in [4.69, 9.17) is 18.9 Å². The van der Waals surface area contributed by atoms with E-state index in [1.165, 1.54) is 20.8 Å². The number of carbonyl (C=O) groups excluding carboxylic acids is 8. The molecule has 0 radical (unpaired) electrons. The van der Waals surface area contributed by atoms with Crippen LogP contribution in [0.5, 0.6) is 0 Å². The maximum atomic E-state index is 12.6. The summed E-state index contributed by atoms with van der Waals surface area (Å²) in [5, 5.41) is 9.79. The van der Waals surface area contributed by atoms with Crippen molar-refractivity contribution < 1.29 is 57.3 Å². The SMILES string of the molecule is C.C.C.C.C.C.C.C.C.CNC(CC(C)C)C(=O)OCOC(=O)C(CC(C)C)NC(=O)CC(=O)OC(C)C(=O)NCNC(=O)C(C)OC(=O)CC(C)=O. The van der Waals surface area contributed by atoms with Crippen molar-refractivity contribution in [2.45, 2.75) is 165 Å². The van der Waals surface area contributed by atoms with Crippen molar-refractivity contribution in [2.75, 3.05) is 20.5 Å². The molecule has 0 aliphatic carbocycles. The molecule has 0 heterocycles. The predicted octanol–water partition coefficient (Wildman–Crippen LogP) is 5.34. The molecule has 0 rings (SSSR count). The van der Waals surface area contributed by atoms with Gasteiger partial charge in [0.25, 0.3) is 11.8 Å². The number of ether oxygens (including phenoxy) is 4. The molecule has 0 bridgehead atoms. The number of Topliss-reactive ketones (excluding diaryl/α,β-unsaturated/α-hetero) is 1. The number of nitrogens with one attached hydrogen (secondary N) is 4. The molecule has 0 aliphatic heterocycles. The van der Waals surface area contributed by atoms with Gasteiger partial charge in [0.15, 0.2) is 12.2 Å². The topological polar surface area (TPSA) is 222 Å². The van der Waals surface area contributed by atoms with E-state index in [1.807, 2.05) is 13.8 Å². The number of ketones is 1. The molecule has 322 valence electrons. The average Bonchev–Trinajstić information content (AvgIpc) is 2.89. The van der Waals surface area contributed by atoms with E-state index >= 15 is 0 Å². The summed E-state index contributed by atoms with van der Waals surface area (Å²) >= 11 is 0. The lowest BCUT2D eigenvalue weighted by atomic mass is 10.0. The molecule has 0 aliphatic rings. The first-order valence-corrected chi connectivity index (χ1v) is 14.2. The molecule has 0 aromatic carbocycles. The Bertz CT molecular complexity index is 1040. The Morgan fingerprint density at radius 2 is 0.906 bits per heavy atom. The zero-order valence-corrected chi connectivity index (χ0v) is 26.6. The maximum absolute atomic E-state index is 12.6. The van der Waals surface area contributed by atoms with Crippen LogP contribution >= 0.6 is 0 Å². The smallest absolute Gasteiger partial charge is 0.331 e. The number of esters is 4. The number of likely N-dealkylation sites (N-methyl/N-ethyl adjacent to an activating group) is 1. The number of hydrogen-bond acceptors (Lipinski definition) is 13. The van der Waals surface area contributed by atoms with E-state index in [0.717, 1.165) is 0 Å². The second-order valence-electron chi connectivity index (χ2n) is 10.8. The number of rotatable bonds is 20. The summed E-state index contributed by atoms with van der Waals surface area (Å²) in [6, 6.07) is -1.72. The number of hydrogen-bond donors (Lipinski definition) is 4. The molecule has 0 aromatic rings. The van der Waals surface area contributed by atoms with Crippen LogP contribution in [0.25, 0.3) is 0 Å². The van der Waals surface area contributed by atoms with E-state index in [1.54, 1.807) is 20.9 Å². The quantitative estimate of drug-likeness (QED) is 0.0531. The highest BCUT2D eigenvalue weighted by molar-refractivity contribution is 5.97. The first-order chi connectivity index (χ1) is 20.5. The van der Waals surface area contributed by atoms with Crippen molar-refractivity contribution in [1.29, 1.82) is 0 Å². The van der Waals surface area contributed by atoms with Crippen LogP contribution in [0, 0.1) is 11.8 Å². The fourth-order valence-corrected chi connectivity index (χ4v) is 3.51. The van der Waals surface area contributed by atoms with Gasteiger partial charge in [-0.25, -0.2) is 4.79 Å². The summed E-state index contributed by atoms with van der Waals surface area (Å²) in [7, 11) is 1.61. The molecule has 53 heavy (non-hydrogen) atoms. The van der Waals surface area contributed by atoms with Gasteiger partial charge >= 0.3 is 23.9 Å². The van der Waals surface area contributed by atoms with Gasteiger partial charge in [-0.2, -0.15) is 0 Å². The van der Waals surface area contributed by atoms with Crippen molar-refractivity contribution in [3.63, 3.8) is 0 Å². The molecule has 3 amide bonds. The Kier molecular flexibility index (Phi) is 54.8. The van der Waals surface area contributed by atoms with Gasteiger partial charge in [-0.3, -0.25) is 33.6 Å². The van der Waals surface area contributed by atoms with Gasteiger partial charge in [-0.15, -0.1) is 0 Å². The first-order valence-electron chi connectivity index (χ1n) is 14.2. The highest BCUT2D eigenvalue weighted by Crippen LogP contribution is 2.09. The Balaban J connectivity index is -0.000000257. The second-order valence-corrected chi connectivity index (χ2v) is 10.8. The van der Waals surface area contributed by atoms with Crippen LogP contribution in [-0.2, 0) is 57.3 Å². The fraction of sp³-hybridized carbons (Fsp3) is 0.784. The van der Waals surface area contributed by atoms with Crippen molar-refractivity contribution in [3.8, 4) is 0 Å². The minimum atomic E-state index is -1.35. The molecule has 0 fully saturated rings. The normalized spacial score (nSPS) is 11.2. The van der Waals surface area contributed by atoms with Crippen molar-refractivity contribution in [1.82, 2.24) is 21.3 Å². The minimum absolute atomic E-state index is 0. The second kappa shape index (κ2) is 39.1. The van der Waals surface area contributed by atoms with Crippen molar-refractivity contribution >= 4 is 47.4 Å². The molecule has 0 aromatic heterocycles. The largest absolute Gasteiger partial charge is 0.452 e. The number of carbonyl (C=O) groups is 8. The van der Waals surface area contributed by atoms with Gasteiger partial charge in [-0.1, -0.05) is 94.5 Å². The third kappa shape index (κ3) is 34.8. The van der Waals surface area contributed by atoms with Crippen LogP contribution < -0.4 is 21.3 Å². The lowest BCUT2D eigenvalue weighted by molar-refractivity contribution is -0.171. The molecule has 0 spiro atoms. The van der Waals surface area contributed by atoms with Crippen molar-refractivity contribution in [3.05, 3.63) is 0 Å². The van der Waals surface area contributed by atoms with Crippen LogP contribution in [0.3, 0.4) is 0 Å². The highest BCUT2D eigenvalue weighted by Gasteiger charge is 2.27. The molecule has 0 saturated carbocycles. The zero-order valence-electron chi connectivity index (χ0n) is 26.6. The molecule has 4 atom stereocenters. The standard InChI is InChI=1S/C28H46N4O12.9CH4/c1-15(2)9-20(29-8)27(39)41-14-42-28(40)21(10-16(3)4)32-22(34)12-24(36)44-19(7)26(38)31-13-30-25(37)18(6)43-23(35)11-17(5)33;;;;;;;;;/h15-16,18-21,29H,9-14H2,1-8H3,(H,30,37)(H,31,38)(H,32,34);9*1H4. The Morgan fingerprint density at radius 3 is 1.26 bits per heavy atom. The summed E-state index contributed by atoms with van der Waals surface area (Å²) in [5.41, 5.74) is 0. The number of amides is 3. The van der Waals surface area contributed by atoms with E-state index < -0.39 is 98.0 Å². The molecular weight excluding hydrogens is 692 g/mol. The third-order valence-corrected chi connectivity index (χ3v) is 5.65. The Labute approximate surface area is 323 Å². The molecule has 16 nitrogen and oxygen atoms in total. The summed E-state index contributed by atoms with van der Waals surface area (Å²) in [4.78, 5) is 96.0. The van der Waals surface area contributed by atoms with Gasteiger partial charge in [0.1, 0.15) is 30.7 Å². The average molecular weight is 775 g/mol. The molecular formula is C37H82N4O12. The predicted molar refractivity (Wildman–Crippen MR) is 213 cm³/mol. The third-order valence-electron chi connectivity index (χ3n) is 5.65. The van der Waals surface area contributed by atoms with E-state index in [9.17, 15) is 38.4 Å². The van der Waals surface area contributed by atoms with E-state index in [0.29, 0.717) is 6.42 Å². The Morgan fingerprint density at radius 1 is 0.547 bits per heavy atom. The molecule has 0 saturated heterocycles. The van der Waals surface area contributed by atoms with Gasteiger partial charge in [0.05, 0.1) is 6.67 Å². The monoisotopic (exact) mass is 775 g/mol. The maximum Gasteiger partial charge on any atom is 0.331 e. The van der Waals surface area contributed by atoms with Gasteiger partial charge in [0, 0.05) is 0 Å².